The van der Waals surface area contributed by atoms with Crippen molar-refractivity contribution in [3.63, 3.8) is 0 Å². The Bertz CT molecular complexity index is 346. The lowest BCUT2D eigenvalue weighted by molar-refractivity contribution is -0.127. The van der Waals surface area contributed by atoms with Gasteiger partial charge in [-0.2, -0.15) is 0 Å². The molecule has 4 heteroatoms. The molecule has 3 nitrogen and oxygen atoms in total. The molecular weight excluding hydrogens is 306 g/mol. The highest BCUT2D eigenvalue weighted by atomic mass is 32.2. The van der Waals surface area contributed by atoms with E-state index in [1.54, 1.807) is 6.92 Å². The Hall–Kier alpha value is -0.510. The Morgan fingerprint density at radius 3 is 2.17 bits per heavy atom. The van der Waals surface area contributed by atoms with E-state index in [0.29, 0.717) is 12.3 Å². The molecule has 1 aliphatic rings. The quantitative estimate of drug-likeness (QED) is 0.441. The normalized spacial score (nSPS) is 17.9. The van der Waals surface area contributed by atoms with Gasteiger partial charge in [0.25, 0.3) is 0 Å². The van der Waals surface area contributed by atoms with Crippen molar-refractivity contribution in [3.8, 4) is 0 Å². The predicted molar refractivity (Wildman–Crippen MR) is 99.7 cm³/mol. The maximum absolute atomic E-state index is 12.0. The smallest absolute Gasteiger partial charge is 0.222 e. The van der Waals surface area contributed by atoms with Crippen molar-refractivity contribution in [1.82, 2.24) is 4.90 Å². The highest BCUT2D eigenvalue weighted by molar-refractivity contribution is 8.13. The first-order valence-electron chi connectivity index (χ1n) is 9.54. The first-order chi connectivity index (χ1) is 11.1. The number of hydrogen-bond acceptors (Lipinski definition) is 3. The summed E-state index contributed by atoms with van der Waals surface area (Å²) < 4.78 is 0. The third-order valence-electron chi connectivity index (χ3n) is 4.60. The van der Waals surface area contributed by atoms with Crippen molar-refractivity contribution in [3.05, 3.63) is 0 Å². The van der Waals surface area contributed by atoms with Crippen LogP contribution in [0.5, 0.6) is 0 Å². The molecule has 1 aliphatic heterocycles. The SMILES string of the molecule is CCCCCCCCCCCCN1CC(CSC(C)=O)CC1=O. The Morgan fingerprint density at radius 1 is 1.04 bits per heavy atom. The van der Waals surface area contributed by atoms with Crippen molar-refractivity contribution in [1.29, 1.82) is 0 Å². The van der Waals surface area contributed by atoms with Crippen molar-refractivity contribution in [2.24, 2.45) is 5.92 Å². The average molecular weight is 342 g/mol. The fraction of sp³-hybridized carbons (Fsp3) is 0.895. The van der Waals surface area contributed by atoms with Gasteiger partial charge in [-0.05, 0) is 12.3 Å². The van der Waals surface area contributed by atoms with E-state index in [1.807, 2.05) is 4.90 Å². The summed E-state index contributed by atoms with van der Waals surface area (Å²) in [7, 11) is 0. The largest absolute Gasteiger partial charge is 0.342 e. The monoisotopic (exact) mass is 341 g/mol. The van der Waals surface area contributed by atoms with E-state index in [9.17, 15) is 9.59 Å². The lowest BCUT2D eigenvalue weighted by Crippen LogP contribution is -2.26. The first-order valence-corrected chi connectivity index (χ1v) is 10.5. The van der Waals surface area contributed by atoms with Crippen LogP contribution in [-0.4, -0.2) is 34.8 Å². The predicted octanol–water partition coefficient (Wildman–Crippen LogP) is 5.04. The Balaban J connectivity index is 1.95. The first kappa shape index (κ1) is 20.5. The lowest BCUT2D eigenvalue weighted by Gasteiger charge is -2.16. The molecule has 0 spiro atoms. The molecule has 0 N–H and O–H groups in total. The van der Waals surface area contributed by atoms with Gasteiger partial charge in [-0.3, -0.25) is 9.59 Å². The molecule has 0 aliphatic carbocycles. The van der Waals surface area contributed by atoms with Crippen molar-refractivity contribution in [2.75, 3.05) is 18.8 Å². The lowest BCUT2D eigenvalue weighted by atomic mass is 10.1. The third-order valence-corrected chi connectivity index (χ3v) is 5.64. The van der Waals surface area contributed by atoms with E-state index < -0.39 is 0 Å². The number of rotatable bonds is 13. The molecule has 1 heterocycles. The second-order valence-electron chi connectivity index (χ2n) is 6.89. The summed E-state index contributed by atoms with van der Waals surface area (Å²) in [4.78, 5) is 25.0. The Labute approximate surface area is 147 Å². The molecule has 0 aromatic heterocycles. The number of carbonyl (C=O) groups excluding carboxylic acids is 2. The molecule has 1 unspecified atom stereocenters. The topological polar surface area (TPSA) is 37.4 Å². The Kier molecular flexibility index (Phi) is 11.5. The summed E-state index contributed by atoms with van der Waals surface area (Å²) in [5.41, 5.74) is 0. The molecule has 1 fully saturated rings. The van der Waals surface area contributed by atoms with Crippen LogP contribution >= 0.6 is 11.8 Å². The van der Waals surface area contributed by atoms with E-state index in [4.69, 9.17) is 0 Å². The van der Waals surface area contributed by atoms with E-state index >= 15 is 0 Å². The molecule has 1 amide bonds. The maximum atomic E-state index is 12.0. The van der Waals surface area contributed by atoms with Gasteiger partial charge in [0.1, 0.15) is 0 Å². The van der Waals surface area contributed by atoms with Crippen LogP contribution in [0.2, 0.25) is 0 Å². The number of likely N-dealkylation sites (tertiary alicyclic amines) is 1. The van der Waals surface area contributed by atoms with Crippen molar-refractivity contribution < 1.29 is 9.59 Å². The van der Waals surface area contributed by atoms with Gasteiger partial charge in [-0.1, -0.05) is 76.5 Å². The number of carbonyl (C=O) groups is 2. The molecule has 0 aromatic carbocycles. The molecule has 23 heavy (non-hydrogen) atoms. The highest BCUT2D eigenvalue weighted by Crippen LogP contribution is 2.22. The molecule has 134 valence electrons. The summed E-state index contributed by atoms with van der Waals surface area (Å²) in [6.45, 7) is 5.63. The molecular formula is C19H35NO2S. The molecule has 0 saturated carbocycles. The molecule has 0 aromatic rings. The average Bonchev–Trinajstić information content (AvgIpc) is 2.87. The number of hydrogen-bond donors (Lipinski definition) is 0. The second-order valence-corrected chi connectivity index (χ2v) is 8.09. The fourth-order valence-corrected chi connectivity index (χ4v) is 3.90. The van der Waals surface area contributed by atoms with E-state index in [-0.39, 0.29) is 11.0 Å². The number of nitrogens with zero attached hydrogens (tertiary/aromatic N) is 1. The standard InChI is InChI=1S/C19H35NO2S/c1-3-4-5-6-7-8-9-10-11-12-13-20-15-18(14-19(20)22)16-23-17(2)21/h18H,3-16H2,1-2H3. The van der Waals surface area contributed by atoms with Gasteiger partial charge >= 0.3 is 0 Å². The van der Waals surface area contributed by atoms with Gasteiger partial charge < -0.3 is 4.90 Å². The van der Waals surface area contributed by atoms with E-state index in [0.717, 1.165) is 25.3 Å². The summed E-state index contributed by atoms with van der Waals surface area (Å²) in [6.07, 6.45) is 13.9. The minimum absolute atomic E-state index is 0.158. The molecule has 1 saturated heterocycles. The summed E-state index contributed by atoms with van der Waals surface area (Å²) in [5.74, 6) is 1.46. The number of thioether (sulfide) groups is 1. The van der Waals surface area contributed by atoms with Crippen LogP contribution in [0.4, 0.5) is 0 Å². The van der Waals surface area contributed by atoms with Crippen LogP contribution in [-0.2, 0) is 9.59 Å². The van der Waals surface area contributed by atoms with Crippen LogP contribution in [0.25, 0.3) is 0 Å². The van der Waals surface area contributed by atoms with Crippen LogP contribution in [0.15, 0.2) is 0 Å². The zero-order valence-corrected chi connectivity index (χ0v) is 16.0. The molecule has 0 bridgehead atoms. The minimum atomic E-state index is 0.158. The van der Waals surface area contributed by atoms with Crippen molar-refractivity contribution >= 4 is 22.8 Å². The van der Waals surface area contributed by atoms with Crippen LogP contribution in [0.3, 0.4) is 0 Å². The maximum Gasteiger partial charge on any atom is 0.222 e. The van der Waals surface area contributed by atoms with Gasteiger partial charge in [-0.15, -0.1) is 0 Å². The number of unbranched alkanes of at least 4 members (excludes halogenated alkanes) is 9. The minimum Gasteiger partial charge on any atom is -0.342 e. The fourth-order valence-electron chi connectivity index (χ4n) is 3.21. The molecule has 0 radical (unpaired) electrons. The zero-order chi connectivity index (χ0) is 16.9. The Morgan fingerprint density at radius 2 is 1.61 bits per heavy atom. The second kappa shape index (κ2) is 12.9. The number of amides is 1. The molecule has 1 atom stereocenters. The van der Waals surface area contributed by atoms with Gasteiger partial charge in [0.15, 0.2) is 5.12 Å². The van der Waals surface area contributed by atoms with Crippen LogP contribution in [0.1, 0.15) is 84.5 Å². The summed E-state index contributed by atoms with van der Waals surface area (Å²) in [6, 6.07) is 0. The van der Waals surface area contributed by atoms with E-state index in [2.05, 4.69) is 6.92 Å². The van der Waals surface area contributed by atoms with Gasteiger partial charge in [-0.25, -0.2) is 0 Å². The van der Waals surface area contributed by atoms with Crippen LogP contribution in [0, 0.1) is 5.92 Å². The van der Waals surface area contributed by atoms with Gasteiger partial charge in [0.2, 0.25) is 5.91 Å². The highest BCUT2D eigenvalue weighted by Gasteiger charge is 2.29. The third kappa shape index (κ3) is 10.1. The zero-order valence-electron chi connectivity index (χ0n) is 15.1. The van der Waals surface area contributed by atoms with E-state index in [1.165, 1.54) is 69.5 Å². The van der Waals surface area contributed by atoms with Gasteiger partial charge in [0.05, 0.1) is 0 Å². The molecule has 1 rings (SSSR count). The summed E-state index contributed by atoms with van der Waals surface area (Å²) in [5, 5.41) is 0.158. The van der Waals surface area contributed by atoms with Gasteiger partial charge in [0, 0.05) is 32.2 Å². The van der Waals surface area contributed by atoms with Crippen molar-refractivity contribution in [2.45, 2.75) is 84.5 Å². The summed E-state index contributed by atoms with van der Waals surface area (Å²) >= 11 is 1.36. The van der Waals surface area contributed by atoms with Crippen LogP contribution < -0.4 is 0 Å².